The SMILES string of the molecule is Cc1ccc(-n2nc(C)c(C#N)c(C)c2=O)cc1Br. The molecule has 0 aliphatic rings. The summed E-state index contributed by atoms with van der Waals surface area (Å²) in [5.74, 6) is 0. The molecular weight excluding hydrogens is 306 g/mol. The largest absolute Gasteiger partial charge is 0.275 e. The number of aromatic nitrogens is 2. The van der Waals surface area contributed by atoms with E-state index in [1.54, 1.807) is 13.8 Å². The molecule has 19 heavy (non-hydrogen) atoms. The van der Waals surface area contributed by atoms with Gasteiger partial charge in [0.1, 0.15) is 6.07 Å². The molecule has 0 unspecified atom stereocenters. The molecule has 0 radical (unpaired) electrons. The van der Waals surface area contributed by atoms with Crippen molar-refractivity contribution in [2.24, 2.45) is 0 Å². The van der Waals surface area contributed by atoms with Gasteiger partial charge in [0.15, 0.2) is 0 Å². The molecule has 0 amide bonds. The van der Waals surface area contributed by atoms with E-state index in [2.05, 4.69) is 21.0 Å². The fourth-order valence-corrected chi connectivity index (χ4v) is 2.20. The third-order valence-electron chi connectivity index (χ3n) is 3.01. The third kappa shape index (κ3) is 2.32. The van der Waals surface area contributed by atoms with Crippen LogP contribution in [0.1, 0.15) is 22.4 Å². The van der Waals surface area contributed by atoms with Gasteiger partial charge >= 0.3 is 0 Å². The molecule has 1 aromatic carbocycles. The van der Waals surface area contributed by atoms with Crippen LogP contribution in [0.5, 0.6) is 0 Å². The van der Waals surface area contributed by atoms with E-state index in [1.807, 2.05) is 31.2 Å². The van der Waals surface area contributed by atoms with Gasteiger partial charge < -0.3 is 0 Å². The molecule has 2 aromatic rings. The lowest BCUT2D eigenvalue weighted by atomic mass is 10.1. The van der Waals surface area contributed by atoms with E-state index >= 15 is 0 Å². The zero-order chi connectivity index (χ0) is 14.2. The fraction of sp³-hybridized carbons (Fsp3) is 0.214. The summed E-state index contributed by atoms with van der Waals surface area (Å²) >= 11 is 3.44. The van der Waals surface area contributed by atoms with Crippen molar-refractivity contribution >= 4 is 15.9 Å². The van der Waals surface area contributed by atoms with Crippen LogP contribution >= 0.6 is 15.9 Å². The van der Waals surface area contributed by atoms with Crippen LogP contribution in [0.3, 0.4) is 0 Å². The van der Waals surface area contributed by atoms with Crippen LogP contribution in [0.4, 0.5) is 0 Å². The van der Waals surface area contributed by atoms with E-state index in [0.717, 1.165) is 10.0 Å². The van der Waals surface area contributed by atoms with Crippen molar-refractivity contribution in [3.05, 3.63) is 55.4 Å². The van der Waals surface area contributed by atoms with Gasteiger partial charge in [0.2, 0.25) is 0 Å². The minimum Gasteiger partial charge on any atom is -0.267 e. The molecule has 0 saturated carbocycles. The van der Waals surface area contributed by atoms with Crippen LogP contribution < -0.4 is 5.56 Å². The van der Waals surface area contributed by atoms with Gasteiger partial charge in [-0.05, 0) is 38.5 Å². The van der Waals surface area contributed by atoms with E-state index in [0.29, 0.717) is 22.5 Å². The van der Waals surface area contributed by atoms with Crippen molar-refractivity contribution in [1.29, 1.82) is 5.26 Å². The van der Waals surface area contributed by atoms with Crippen LogP contribution in [0, 0.1) is 32.1 Å². The first-order valence-corrected chi connectivity index (χ1v) is 6.52. The average molecular weight is 318 g/mol. The van der Waals surface area contributed by atoms with E-state index in [4.69, 9.17) is 5.26 Å². The lowest BCUT2D eigenvalue weighted by molar-refractivity contribution is 0.771. The zero-order valence-corrected chi connectivity index (χ0v) is 12.4. The van der Waals surface area contributed by atoms with Crippen LogP contribution in [0.2, 0.25) is 0 Å². The van der Waals surface area contributed by atoms with Gasteiger partial charge in [0, 0.05) is 10.0 Å². The van der Waals surface area contributed by atoms with E-state index < -0.39 is 0 Å². The first kappa shape index (κ1) is 13.5. The Morgan fingerprint density at radius 2 is 2.00 bits per heavy atom. The normalized spacial score (nSPS) is 10.3. The monoisotopic (exact) mass is 317 g/mol. The Morgan fingerprint density at radius 1 is 1.32 bits per heavy atom. The van der Waals surface area contributed by atoms with Gasteiger partial charge in [-0.25, -0.2) is 0 Å². The Hall–Kier alpha value is -1.93. The smallest absolute Gasteiger partial charge is 0.267 e. The zero-order valence-electron chi connectivity index (χ0n) is 10.9. The Labute approximate surface area is 119 Å². The number of hydrogen-bond donors (Lipinski definition) is 0. The molecule has 1 heterocycles. The first-order valence-electron chi connectivity index (χ1n) is 5.73. The average Bonchev–Trinajstić information content (AvgIpc) is 2.38. The second-order valence-electron chi connectivity index (χ2n) is 4.35. The van der Waals surface area contributed by atoms with Crippen LogP contribution in [-0.2, 0) is 0 Å². The highest BCUT2D eigenvalue weighted by molar-refractivity contribution is 9.10. The first-order chi connectivity index (χ1) is 8.95. The van der Waals surface area contributed by atoms with Crippen LogP contribution in [-0.4, -0.2) is 9.78 Å². The summed E-state index contributed by atoms with van der Waals surface area (Å²) in [7, 11) is 0. The summed E-state index contributed by atoms with van der Waals surface area (Å²) in [6, 6.07) is 7.61. The maximum atomic E-state index is 12.2. The number of benzene rings is 1. The lowest BCUT2D eigenvalue weighted by Crippen LogP contribution is -2.25. The highest BCUT2D eigenvalue weighted by atomic mass is 79.9. The molecule has 96 valence electrons. The second-order valence-corrected chi connectivity index (χ2v) is 5.20. The number of rotatable bonds is 1. The van der Waals surface area contributed by atoms with Crippen LogP contribution in [0.15, 0.2) is 27.5 Å². The summed E-state index contributed by atoms with van der Waals surface area (Å²) < 4.78 is 2.24. The summed E-state index contributed by atoms with van der Waals surface area (Å²) in [5, 5.41) is 13.2. The maximum Gasteiger partial charge on any atom is 0.275 e. The molecule has 0 aliphatic carbocycles. The maximum absolute atomic E-state index is 12.2. The molecule has 4 nitrogen and oxygen atoms in total. The Bertz CT molecular complexity index is 757. The highest BCUT2D eigenvalue weighted by Gasteiger charge is 2.12. The van der Waals surface area contributed by atoms with Gasteiger partial charge in [-0.2, -0.15) is 15.0 Å². The van der Waals surface area contributed by atoms with Gasteiger partial charge in [-0.1, -0.05) is 22.0 Å². The van der Waals surface area contributed by atoms with E-state index in [9.17, 15) is 4.79 Å². The summed E-state index contributed by atoms with van der Waals surface area (Å²) in [6.07, 6.45) is 0. The molecule has 0 N–H and O–H groups in total. The summed E-state index contributed by atoms with van der Waals surface area (Å²) in [4.78, 5) is 12.2. The van der Waals surface area contributed by atoms with Gasteiger partial charge in [-0.3, -0.25) is 4.79 Å². The molecule has 0 fully saturated rings. The van der Waals surface area contributed by atoms with Gasteiger partial charge in [0.05, 0.1) is 16.9 Å². The molecule has 0 spiro atoms. The topological polar surface area (TPSA) is 58.7 Å². The Balaban J connectivity index is 2.74. The number of nitriles is 1. The molecule has 1 aromatic heterocycles. The Kier molecular flexibility index (Phi) is 3.54. The van der Waals surface area contributed by atoms with Crippen molar-refractivity contribution in [1.82, 2.24) is 9.78 Å². The van der Waals surface area contributed by atoms with E-state index in [1.165, 1.54) is 4.68 Å². The van der Waals surface area contributed by atoms with Gasteiger partial charge in [0.25, 0.3) is 5.56 Å². The highest BCUT2D eigenvalue weighted by Crippen LogP contribution is 2.19. The quantitative estimate of drug-likeness (QED) is 0.812. The standard InChI is InChI=1S/C14H12BrN3O/c1-8-4-5-11(6-13(8)15)18-14(19)9(2)12(7-16)10(3)17-18/h4-6H,1-3H3. The fourth-order valence-electron chi connectivity index (χ4n) is 1.84. The minimum atomic E-state index is -0.266. The molecule has 0 aliphatic heterocycles. The van der Waals surface area contributed by atoms with Crippen molar-refractivity contribution in [3.63, 3.8) is 0 Å². The molecule has 2 rings (SSSR count). The summed E-state index contributed by atoms with van der Waals surface area (Å²) in [5.41, 5.74) is 2.82. The van der Waals surface area contributed by atoms with E-state index in [-0.39, 0.29) is 5.56 Å². The predicted molar refractivity (Wildman–Crippen MR) is 76.5 cm³/mol. The third-order valence-corrected chi connectivity index (χ3v) is 3.87. The minimum absolute atomic E-state index is 0.266. The van der Waals surface area contributed by atoms with Crippen molar-refractivity contribution in [2.75, 3.05) is 0 Å². The molecule has 5 heteroatoms. The Morgan fingerprint density at radius 3 is 2.58 bits per heavy atom. The predicted octanol–water partition coefficient (Wildman–Crippen LogP) is 2.79. The van der Waals surface area contributed by atoms with Crippen molar-refractivity contribution in [2.45, 2.75) is 20.8 Å². The molecule has 0 atom stereocenters. The molecule has 0 bridgehead atoms. The number of halogens is 1. The lowest BCUT2D eigenvalue weighted by Gasteiger charge is -2.10. The number of aryl methyl sites for hydroxylation is 2. The molecular formula is C14H12BrN3O. The number of nitrogens with zero attached hydrogens (tertiary/aromatic N) is 3. The molecule has 0 saturated heterocycles. The van der Waals surface area contributed by atoms with Gasteiger partial charge in [-0.15, -0.1) is 0 Å². The van der Waals surface area contributed by atoms with Crippen molar-refractivity contribution in [3.8, 4) is 11.8 Å². The second kappa shape index (κ2) is 4.98. The summed E-state index contributed by atoms with van der Waals surface area (Å²) in [6.45, 7) is 5.35. The van der Waals surface area contributed by atoms with Crippen LogP contribution in [0.25, 0.3) is 5.69 Å². The van der Waals surface area contributed by atoms with Crippen molar-refractivity contribution < 1.29 is 0 Å². The number of hydrogen-bond acceptors (Lipinski definition) is 3.